The third-order valence-corrected chi connectivity index (χ3v) is 7.11. The van der Waals surface area contributed by atoms with Crippen LogP contribution >= 0.6 is 0 Å². The maximum atomic E-state index is 13.4. The zero-order valence-electron chi connectivity index (χ0n) is 20.2. The highest BCUT2D eigenvalue weighted by molar-refractivity contribution is 5.96. The normalized spacial score (nSPS) is 19.5. The Balaban J connectivity index is 1.52. The highest BCUT2D eigenvalue weighted by atomic mass is 16.5. The summed E-state index contributed by atoms with van der Waals surface area (Å²) in [6.45, 7) is 6.93. The molecule has 1 spiro atoms. The van der Waals surface area contributed by atoms with E-state index >= 15 is 0 Å². The minimum Gasteiger partial charge on any atom is -0.465 e. The SMILES string of the molecule is CCOC(=O)CN1C(=O)C(Cc2ccccc2)NC12CCN(C(=O)c1cccc(C)c1C)CC2. The van der Waals surface area contributed by atoms with Crippen LogP contribution in [-0.2, 0) is 20.7 Å². The summed E-state index contributed by atoms with van der Waals surface area (Å²) >= 11 is 0. The first-order valence-electron chi connectivity index (χ1n) is 12.0. The van der Waals surface area contributed by atoms with Gasteiger partial charge in [0, 0.05) is 31.5 Å². The van der Waals surface area contributed by atoms with E-state index in [4.69, 9.17) is 4.74 Å². The fourth-order valence-corrected chi connectivity index (χ4v) is 5.06. The van der Waals surface area contributed by atoms with Crippen molar-refractivity contribution in [2.45, 2.75) is 51.7 Å². The highest BCUT2D eigenvalue weighted by Gasteiger charge is 2.52. The van der Waals surface area contributed by atoms with Crippen molar-refractivity contribution in [3.05, 3.63) is 70.8 Å². The summed E-state index contributed by atoms with van der Waals surface area (Å²) in [6.07, 6.45) is 1.66. The van der Waals surface area contributed by atoms with Gasteiger partial charge < -0.3 is 14.5 Å². The number of carbonyl (C=O) groups is 3. The van der Waals surface area contributed by atoms with Crippen molar-refractivity contribution in [2.75, 3.05) is 26.2 Å². The molecule has 0 aromatic heterocycles. The molecule has 1 unspecified atom stereocenters. The lowest BCUT2D eigenvalue weighted by atomic mass is 9.94. The fourth-order valence-electron chi connectivity index (χ4n) is 5.06. The predicted molar refractivity (Wildman–Crippen MR) is 129 cm³/mol. The summed E-state index contributed by atoms with van der Waals surface area (Å²) in [5.74, 6) is -0.490. The van der Waals surface area contributed by atoms with Gasteiger partial charge in [0.05, 0.1) is 18.3 Å². The molecule has 34 heavy (non-hydrogen) atoms. The number of aryl methyl sites for hydroxylation is 1. The zero-order valence-corrected chi connectivity index (χ0v) is 20.2. The van der Waals surface area contributed by atoms with Gasteiger partial charge in [-0.25, -0.2) is 0 Å². The van der Waals surface area contributed by atoms with Gasteiger partial charge in [-0.2, -0.15) is 0 Å². The number of esters is 1. The minimum atomic E-state index is -0.665. The maximum Gasteiger partial charge on any atom is 0.325 e. The van der Waals surface area contributed by atoms with Gasteiger partial charge in [0.1, 0.15) is 6.54 Å². The number of nitrogens with zero attached hydrogens (tertiary/aromatic N) is 2. The molecule has 2 amide bonds. The van der Waals surface area contributed by atoms with Crippen LogP contribution in [-0.4, -0.2) is 65.5 Å². The summed E-state index contributed by atoms with van der Waals surface area (Å²) < 4.78 is 5.16. The highest BCUT2D eigenvalue weighted by Crippen LogP contribution is 2.34. The largest absolute Gasteiger partial charge is 0.465 e. The summed E-state index contributed by atoms with van der Waals surface area (Å²) in [7, 11) is 0. The van der Waals surface area contributed by atoms with E-state index in [0.29, 0.717) is 32.4 Å². The van der Waals surface area contributed by atoms with Crippen LogP contribution in [0.3, 0.4) is 0 Å². The van der Waals surface area contributed by atoms with Gasteiger partial charge in [-0.15, -0.1) is 0 Å². The Kier molecular flexibility index (Phi) is 7.03. The fraction of sp³-hybridized carbons (Fsp3) is 0.444. The van der Waals surface area contributed by atoms with Crippen molar-refractivity contribution in [3.8, 4) is 0 Å². The Bertz CT molecular complexity index is 1060. The van der Waals surface area contributed by atoms with E-state index in [0.717, 1.165) is 22.3 Å². The van der Waals surface area contributed by atoms with Crippen LogP contribution in [0, 0.1) is 13.8 Å². The van der Waals surface area contributed by atoms with Crippen LogP contribution in [0.15, 0.2) is 48.5 Å². The quantitative estimate of drug-likeness (QED) is 0.667. The Morgan fingerprint density at radius 2 is 1.76 bits per heavy atom. The number of piperidine rings is 1. The average molecular weight is 464 g/mol. The molecular formula is C27H33N3O4. The number of ether oxygens (including phenoxy) is 1. The van der Waals surface area contributed by atoms with Crippen LogP contribution in [0.4, 0.5) is 0 Å². The van der Waals surface area contributed by atoms with Crippen LogP contribution in [0.2, 0.25) is 0 Å². The summed E-state index contributed by atoms with van der Waals surface area (Å²) in [5.41, 5.74) is 3.20. The summed E-state index contributed by atoms with van der Waals surface area (Å²) in [5, 5.41) is 3.55. The smallest absolute Gasteiger partial charge is 0.325 e. The number of nitrogens with one attached hydrogen (secondary N) is 1. The molecule has 0 radical (unpaired) electrons. The van der Waals surface area contributed by atoms with E-state index in [1.54, 1.807) is 11.8 Å². The van der Waals surface area contributed by atoms with E-state index in [2.05, 4.69) is 5.32 Å². The average Bonchev–Trinajstić information content (AvgIpc) is 3.07. The summed E-state index contributed by atoms with van der Waals surface area (Å²) in [4.78, 5) is 42.5. The second kappa shape index (κ2) is 9.97. The topological polar surface area (TPSA) is 79.0 Å². The molecule has 7 nitrogen and oxygen atoms in total. The van der Waals surface area contributed by atoms with E-state index < -0.39 is 17.7 Å². The molecule has 2 aromatic carbocycles. The second-order valence-corrected chi connectivity index (χ2v) is 9.19. The Morgan fingerprint density at radius 3 is 2.44 bits per heavy atom. The van der Waals surface area contributed by atoms with Crippen LogP contribution in [0.25, 0.3) is 0 Å². The van der Waals surface area contributed by atoms with Gasteiger partial charge in [-0.1, -0.05) is 42.5 Å². The first-order chi connectivity index (χ1) is 16.3. The van der Waals surface area contributed by atoms with Crippen molar-refractivity contribution in [1.82, 2.24) is 15.1 Å². The van der Waals surface area contributed by atoms with Gasteiger partial charge >= 0.3 is 5.97 Å². The lowest BCUT2D eigenvalue weighted by molar-refractivity contribution is -0.151. The zero-order chi connectivity index (χ0) is 24.3. The molecule has 1 N–H and O–H groups in total. The molecule has 2 heterocycles. The summed E-state index contributed by atoms with van der Waals surface area (Å²) in [6, 6.07) is 15.2. The van der Waals surface area contributed by atoms with E-state index in [1.165, 1.54) is 0 Å². The number of carbonyl (C=O) groups excluding carboxylic acids is 3. The van der Waals surface area contributed by atoms with Crippen molar-refractivity contribution in [2.24, 2.45) is 0 Å². The lowest BCUT2D eigenvalue weighted by Gasteiger charge is -2.44. The van der Waals surface area contributed by atoms with Crippen LogP contribution in [0.1, 0.15) is 46.8 Å². The molecule has 2 aliphatic rings. The molecule has 2 saturated heterocycles. The van der Waals surface area contributed by atoms with Crippen molar-refractivity contribution >= 4 is 17.8 Å². The third-order valence-electron chi connectivity index (χ3n) is 7.11. The second-order valence-electron chi connectivity index (χ2n) is 9.19. The number of hydrogen-bond acceptors (Lipinski definition) is 5. The van der Waals surface area contributed by atoms with Gasteiger partial charge in [0.2, 0.25) is 5.91 Å². The Morgan fingerprint density at radius 1 is 1.06 bits per heavy atom. The number of likely N-dealkylation sites (tertiary alicyclic amines) is 1. The first kappa shape index (κ1) is 24.0. The molecule has 0 saturated carbocycles. The van der Waals surface area contributed by atoms with Crippen molar-refractivity contribution in [1.29, 1.82) is 0 Å². The van der Waals surface area contributed by atoms with Crippen LogP contribution in [0.5, 0.6) is 0 Å². The van der Waals surface area contributed by atoms with Crippen LogP contribution < -0.4 is 5.32 Å². The Labute approximate surface area is 201 Å². The maximum absolute atomic E-state index is 13.4. The molecule has 180 valence electrons. The minimum absolute atomic E-state index is 0.0122. The van der Waals surface area contributed by atoms with E-state index in [9.17, 15) is 14.4 Å². The molecule has 0 aliphatic carbocycles. The molecule has 1 atom stereocenters. The molecule has 2 fully saturated rings. The van der Waals surface area contributed by atoms with E-state index in [1.807, 2.05) is 67.3 Å². The van der Waals surface area contributed by atoms with Crippen molar-refractivity contribution in [3.63, 3.8) is 0 Å². The van der Waals surface area contributed by atoms with Gasteiger partial charge in [-0.3, -0.25) is 19.7 Å². The van der Waals surface area contributed by atoms with Gasteiger partial charge in [-0.05, 0) is 49.9 Å². The van der Waals surface area contributed by atoms with Gasteiger partial charge in [0.25, 0.3) is 5.91 Å². The number of amides is 2. The number of rotatable bonds is 6. The molecule has 2 aromatic rings. The van der Waals surface area contributed by atoms with Gasteiger partial charge in [0.15, 0.2) is 0 Å². The standard InChI is InChI=1S/C27H33N3O4/c1-4-34-24(31)18-30-26(33)23(17-21-10-6-5-7-11-21)28-27(30)13-15-29(16-14-27)25(32)22-12-8-9-19(2)20(22)3/h5-12,23,28H,4,13-18H2,1-3H3. The lowest BCUT2D eigenvalue weighted by Crippen LogP contribution is -2.60. The predicted octanol–water partition coefficient (Wildman–Crippen LogP) is 2.84. The van der Waals surface area contributed by atoms with E-state index in [-0.39, 0.29) is 25.0 Å². The Hall–Kier alpha value is -3.19. The molecule has 4 rings (SSSR count). The molecule has 0 bridgehead atoms. The monoisotopic (exact) mass is 463 g/mol. The first-order valence-corrected chi connectivity index (χ1v) is 12.0. The molecule has 2 aliphatic heterocycles. The number of benzene rings is 2. The molecule has 7 heteroatoms. The van der Waals surface area contributed by atoms with Crippen molar-refractivity contribution < 1.29 is 19.1 Å². The number of hydrogen-bond donors (Lipinski definition) is 1. The molecular weight excluding hydrogens is 430 g/mol. The third kappa shape index (κ3) is 4.71.